The maximum absolute atomic E-state index is 13.3. The van der Waals surface area contributed by atoms with Crippen LogP contribution in [0, 0.1) is 11.7 Å². The number of rotatable bonds is 11. The normalized spacial score (nSPS) is 12.4. The molecule has 0 saturated heterocycles. The van der Waals surface area contributed by atoms with Crippen molar-refractivity contribution in [1.82, 2.24) is 25.2 Å². The molecule has 10 heteroatoms. The van der Waals surface area contributed by atoms with Crippen molar-refractivity contribution in [3.05, 3.63) is 126 Å². The smallest absolute Gasteiger partial charge is 0.255 e. The number of carbonyl (C=O) groups is 2. The minimum Gasteiger partial charge on any atom is -0.507 e. The zero-order valence-corrected chi connectivity index (χ0v) is 25.1. The first-order valence-electron chi connectivity index (χ1n) is 14.5. The molecule has 9 nitrogen and oxygen atoms in total. The summed E-state index contributed by atoms with van der Waals surface area (Å²) in [6.07, 6.45) is 3.54. The maximum atomic E-state index is 13.3. The highest BCUT2D eigenvalue weighted by Gasteiger charge is 2.31. The van der Waals surface area contributed by atoms with E-state index in [9.17, 15) is 19.1 Å². The van der Waals surface area contributed by atoms with Gasteiger partial charge in [-0.3, -0.25) is 14.6 Å². The van der Waals surface area contributed by atoms with Gasteiger partial charge in [0.25, 0.3) is 5.91 Å². The van der Waals surface area contributed by atoms with Crippen LogP contribution >= 0.6 is 0 Å². The predicted molar refractivity (Wildman–Crippen MR) is 168 cm³/mol. The van der Waals surface area contributed by atoms with Crippen LogP contribution in [0.4, 0.5) is 4.39 Å². The number of aryl methyl sites for hydroxylation is 1. The van der Waals surface area contributed by atoms with E-state index in [-0.39, 0.29) is 35.5 Å². The maximum Gasteiger partial charge on any atom is 0.255 e. The average Bonchev–Trinajstić information content (AvgIpc) is 3.46. The van der Waals surface area contributed by atoms with E-state index >= 15 is 0 Å². The molecule has 0 aliphatic carbocycles. The monoisotopic (exact) mass is 607 g/mol. The number of aromatic nitrogens is 3. The number of nitrogens with zero attached hydrogens (tertiary/aromatic N) is 3. The van der Waals surface area contributed by atoms with Gasteiger partial charge in [-0.25, -0.2) is 9.37 Å². The van der Waals surface area contributed by atoms with E-state index in [2.05, 4.69) is 15.6 Å². The highest BCUT2D eigenvalue weighted by molar-refractivity contribution is 5.96. The number of pyridine rings is 1. The number of amides is 2. The second-order valence-electron chi connectivity index (χ2n) is 11.0. The van der Waals surface area contributed by atoms with Gasteiger partial charge in [0.1, 0.15) is 23.1 Å². The van der Waals surface area contributed by atoms with Crippen LogP contribution in [0.5, 0.6) is 17.2 Å². The van der Waals surface area contributed by atoms with Gasteiger partial charge in [-0.15, -0.1) is 0 Å². The van der Waals surface area contributed by atoms with Gasteiger partial charge in [0.05, 0.1) is 40.9 Å². The minimum absolute atomic E-state index is 0.0498. The van der Waals surface area contributed by atoms with Gasteiger partial charge >= 0.3 is 0 Å². The van der Waals surface area contributed by atoms with Crippen LogP contribution in [0.25, 0.3) is 11.3 Å². The van der Waals surface area contributed by atoms with Gasteiger partial charge in [0.2, 0.25) is 5.91 Å². The third-order valence-corrected chi connectivity index (χ3v) is 7.22. The topological polar surface area (TPSA) is 118 Å². The molecule has 230 valence electrons. The molecule has 5 rings (SSSR count). The van der Waals surface area contributed by atoms with Gasteiger partial charge in [0.15, 0.2) is 0 Å². The summed E-state index contributed by atoms with van der Waals surface area (Å²) in [4.78, 5) is 35.7. The van der Waals surface area contributed by atoms with Crippen LogP contribution in [0.2, 0.25) is 0 Å². The Balaban J connectivity index is 1.45. The quantitative estimate of drug-likeness (QED) is 0.174. The Kier molecular flexibility index (Phi) is 9.52. The molecule has 0 fully saturated rings. The molecule has 0 radical (unpaired) electrons. The summed E-state index contributed by atoms with van der Waals surface area (Å²) in [5.74, 6) is -0.859. The molecule has 3 aromatic carbocycles. The highest BCUT2D eigenvalue weighted by atomic mass is 19.1. The molecular weight excluding hydrogens is 573 g/mol. The molecule has 2 atom stereocenters. The van der Waals surface area contributed by atoms with E-state index in [1.807, 2.05) is 60.3 Å². The summed E-state index contributed by atoms with van der Waals surface area (Å²) >= 11 is 0. The molecule has 2 heterocycles. The SMILES string of the molecule is CC(C)C(=O)NC(CNC(=O)c1ccccc1O)C(c1cn(C)cn1)c1cccc(-c2ccc(Oc3ccc(F)cc3)cc2)n1. The van der Waals surface area contributed by atoms with Gasteiger partial charge in [-0.05, 0) is 72.8 Å². The number of aromatic hydroxyl groups is 1. The van der Waals surface area contributed by atoms with E-state index in [4.69, 9.17) is 9.72 Å². The number of carbonyl (C=O) groups excluding carboxylic acids is 2. The first kappa shape index (κ1) is 30.9. The fraction of sp³-hybridized carbons (Fsp3) is 0.200. The van der Waals surface area contributed by atoms with Gasteiger partial charge in [-0.1, -0.05) is 32.0 Å². The van der Waals surface area contributed by atoms with E-state index in [1.54, 1.807) is 44.4 Å². The van der Waals surface area contributed by atoms with Crippen LogP contribution < -0.4 is 15.4 Å². The average molecular weight is 608 g/mol. The van der Waals surface area contributed by atoms with E-state index in [1.165, 1.54) is 24.3 Å². The zero-order chi connectivity index (χ0) is 31.9. The number of phenolic OH excluding ortho intramolecular Hbond substituents is 1. The molecule has 2 unspecified atom stereocenters. The lowest BCUT2D eigenvalue weighted by atomic mass is 9.91. The summed E-state index contributed by atoms with van der Waals surface area (Å²) < 4.78 is 20.9. The Hall–Kier alpha value is -5.51. The Morgan fingerprint density at radius 3 is 2.24 bits per heavy atom. The molecule has 2 amide bonds. The van der Waals surface area contributed by atoms with Crippen molar-refractivity contribution in [2.45, 2.75) is 25.8 Å². The number of hydrogen-bond acceptors (Lipinski definition) is 6. The highest BCUT2D eigenvalue weighted by Crippen LogP contribution is 2.30. The fourth-order valence-electron chi connectivity index (χ4n) is 4.84. The van der Waals surface area contributed by atoms with Gasteiger partial charge < -0.3 is 25.0 Å². The third kappa shape index (κ3) is 7.72. The van der Waals surface area contributed by atoms with Gasteiger partial charge in [0, 0.05) is 31.3 Å². The molecule has 2 aromatic heterocycles. The summed E-state index contributed by atoms with van der Waals surface area (Å²) in [5.41, 5.74) is 2.96. The minimum atomic E-state index is -0.626. The molecule has 0 spiro atoms. The third-order valence-electron chi connectivity index (χ3n) is 7.22. The number of phenols is 1. The number of imidazole rings is 1. The zero-order valence-electron chi connectivity index (χ0n) is 25.1. The Morgan fingerprint density at radius 1 is 0.911 bits per heavy atom. The molecule has 0 bridgehead atoms. The number of para-hydroxylation sites is 1. The summed E-state index contributed by atoms with van der Waals surface area (Å²) in [6.45, 7) is 3.64. The van der Waals surface area contributed by atoms with Crippen LogP contribution in [-0.2, 0) is 11.8 Å². The van der Waals surface area contributed by atoms with Crippen LogP contribution in [0.3, 0.4) is 0 Å². The lowest BCUT2D eigenvalue weighted by molar-refractivity contribution is -0.124. The lowest BCUT2D eigenvalue weighted by Crippen LogP contribution is -2.48. The van der Waals surface area contributed by atoms with Crippen LogP contribution in [-0.4, -0.2) is 44.0 Å². The number of nitrogens with one attached hydrogen (secondary N) is 2. The molecular formula is C35H34FN5O4. The second kappa shape index (κ2) is 13.9. The Labute approximate surface area is 260 Å². The van der Waals surface area contributed by atoms with Gasteiger partial charge in [-0.2, -0.15) is 0 Å². The largest absolute Gasteiger partial charge is 0.507 e. The summed E-state index contributed by atoms with van der Waals surface area (Å²) in [5, 5.41) is 16.2. The molecule has 45 heavy (non-hydrogen) atoms. The van der Waals surface area contributed by atoms with Crippen molar-refractivity contribution < 1.29 is 23.8 Å². The van der Waals surface area contributed by atoms with Crippen molar-refractivity contribution in [2.24, 2.45) is 13.0 Å². The molecule has 0 aliphatic rings. The van der Waals surface area contributed by atoms with Crippen molar-refractivity contribution in [3.63, 3.8) is 0 Å². The fourth-order valence-corrected chi connectivity index (χ4v) is 4.84. The Morgan fingerprint density at radius 2 is 1.60 bits per heavy atom. The first-order valence-corrected chi connectivity index (χ1v) is 14.5. The van der Waals surface area contributed by atoms with E-state index in [0.29, 0.717) is 28.6 Å². The van der Waals surface area contributed by atoms with Crippen LogP contribution in [0.1, 0.15) is 41.5 Å². The first-order chi connectivity index (χ1) is 21.7. The summed E-state index contributed by atoms with van der Waals surface area (Å²) in [7, 11) is 1.86. The lowest BCUT2D eigenvalue weighted by Gasteiger charge is -2.28. The van der Waals surface area contributed by atoms with Crippen molar-refractivity contribution >= 4 is 11.8 Å². The Bertz CT molecular complexity index is 1770. The second-order valence-corrected chi connectivity index (χ2v) is 11.0. The molecule has 3 N–H and O–H groups in total. The molecule has 0 aliphatic heterocycles. The predicted octanol–water partition coefficient (Wildman–Crippen LogP) is 5.82. The molecule has 0 saturated carbocycles. The number of benzene rings is 3. The number of hydrogen-bond donors (Lipinski definition) is 3. The van der Waals surface area contributed by atoms with Crippen molar-refractivity contribution in [3.8, 4) is 28.5 Å². The van der Waals surface area contributed by atoms with Crippen molar-refractivity contribution in [1.29, 1.82) is 0 Å². The standard InChI is InChI=1S/C35H34FN5O4/c1-22(2)34(43)40-30(19-37-35(44)27-7-4-5-10-32(27)42)33(31-20-41(3)21-38-31)29-9-6-8-28(39-29)23-11-15-25(16-12-23)45-26-17-13-24(36)14-18-26/h4-18,20-22,30,33,42H,19H2,1-3H3,(H,37,44)(H,40,43). The van der Waals surface area contributed by atoms with E-state index < -0.39 is 17.9 Å². The van der Waals surface area contributed by atoms with Crippen molar-refractivity contribution in [2.75, 3.05) is 6.54 Å². The van der Waals surface area contributed by atoms with Crippen LogP contribution in [0.15, 0.2) is 104 Å². The molecule has 5 aromatic rings. The summed E-state index contributed by atoms with van der Waals surface area (Å²) in [6, 6.07) is 24.5. The number of ether oxygens (including phenoxy) is 1. The number of halogens is 1. The van der Waals surface area contributed by atoms with E-state index in [0.717, 1.165) is 5.56 Å².